The average Bonchev–Trinajstić information content (AvgIpc) is 2.24. The van der Waals surface area contributed by atoms with Crippen LogP contribution in [0.15, 0.2) is 22.8 Å². The zero-order chi connectivity index (χ0) is 15.3. The minimum Gasteiger partial charge on any atom is -0.443 e. The lowest BCUT2D eigenvalue weighted by molar-refractivity contribution is 0.0519. The summed E-state index contributed by atoms with van der Waals surface area (Å²) in [6.07, 6.45) is -0.486. The Morgan fingerprint density at radius 3 is 2.60 bits per heavy atom. The highest BCUT2D eigenvalue weighted by molar-refractivity contribution is 9.10. The molecule has 1 N–H and O–H groups in total. The second-order valence-corrected chi connectivity index (χ2v) is 6.75. The number of carbonyl (C=O) groups is 1. The van der Waals surface area contributed by atoms with Crippen molar-refractivity contribution in [2.45, 2.75) is 40.2 Å². The first kappa shape index (κ1) is 16.8. The number of rotatable bonds is 4. The zero-order valence-electron chi connectivity index (χ0n) is 12.6. The molecular formula is C14H22BrN3O2. The van der Waals surface area contributed by atoms with Gasteiger partial charge < -0.3 is 4.74 Å². The van der Waals surface area contributed by atoms with Crippen LogP contribution in [-0.4, -0.2) is 23.2 Å². The molecule has 112 valence electrons. The minimum atomic E-state index is -0.529. The number of nitrogens with zero attached hydrogens (tertiary/aromatic N) is 2. The molecule has 5 nitrogen and oxygen atoms in total. The summed E-state index contributed by atoms with van der Waals surface area (Å²) >= 11 is 3.33. The molecule has 0 aliphatic heterocycles. The molecular weight excluding hydrogens is 322 g/mol. The number of aromatic nitrogens is 1. The Labute approximate surface area is 128 Å². The zero-order valence-corrected chi connectivity index (χ0v) is 14.2. The first-order valence-electron chi connectivity index (χ1n) is 6.57. The van der Waals surface area contributed by atoms with Crippen molar-refractivity contribution in [3.63, 3.8) is 0 Å². The quantitative estimate of drug-likeness (QED) is 0.668. The standard InChI is InChI=1S/C14H22BrN3O2/c1-10(2)9-18(12-8-6-7-11(15)16-12)17-13(19)20-14(3,4)5/h6-8,10H,9H2,1-5H3,(H,17,19). The molecule has 0 saturated heterocycles. The van der Waals surface area contributed by atoms with Gasteiger partial charge in [-0.25, -0.2) is 15.2 Å². The summed E-state index contributed by atoms with van der Waals surface area (Å²) in [5.74, 6) is 1.03. The van der Waals surface area contributed by atoms with E-state index in [0.29, 0.717) is 18.3 Å². The summed E-state index contributed by atoms with van der Waals surface area (Å²) in [5.41, 5.74) is 2.21. The van der Waals surface area contributed by atoms with Gasteiger partial charge in [-0.1, -0.05) is 19.9 Å². The molecule has 1 aromatic rings. The summed E-state index contributed by atoms with van der Waals surface area (Å²) in [6.45, 7) is 10.3. The molecule has 0 radical (unpaired) electrons. The number of anilines is 1. The molecule has 0 saturated carbocycles. The van der Waals surface area contributed by atoms with Crippen LogP contribution < -0.4 is 10.4 Å². The van der Waals surface area contributed by atoms with Crippen LogP contribution >= 0.6 is 15.9 Å². The molecule has 0 aromatic carbocycles. The van der Waals surface area contributed by atoms with Gasteiger partial charge in [0.25, 0.3) is 0 Å². The third-order valence-electron chi connectivity index (χ3n) is 2.15. The van der Waals surface area contributed by atoms with Gasteiger partial charge in [-0.05, 0) is 54.8 Å². The van der Waals surface area contributed by atoms with E-state index < -0.39 is 11.7 Å². The van der Waals surface area contributed by atoms with Crippen LogP contribution in [0.3, 0.4) is 0 Å². The summed E-state index contributed by atoms with van der Waals surface area (Å²) in [5, 5.41) is 1.70. The summed E-state index contributed by atoms with van der Waals surface area (Å²) in [4.78, 5) is 16.2. The monoisotopic (exact) mass is 343 g/mol. The van der Waals surface area contributed by atoms with Gasteiger partial charge in [0.05, 0.1) is 0 Å². The van der Waals surface area contributed by atoms with Gasteiger partial charge >= 0.3 is 6.09 Å². The highest BCUT2D eigenvalue weighted by Gasteiger charge is 2.19. The van der Waals surface area contributed by atoms with Crippen molar-refractivity contribution in [1.29, 1.82) is 0 Å². The van der Waals surface area contributed by atoms with E-state index in [4.69, 9.17) is 4.74 Å². The fourth-order valence-corrected chi connectivity index (χ4v) is 1.85. The highest BCUT2D eigenvalue weighted by atomic mass is 79.9. The Bertz CT molecular complexity index is 458. The summed E-state index contributed by atoms with van der Waals surface area (Å²) < 4.78 is 5.99. The third kappa shape index (κ3) is 6.23. The van der Waals surface area contributed by atoms with Crippen LogP contribution in [-0.2, 0) is 4.74 Å². The Balaban J connectivity index is 2.82. The maximum absolute atomic E-state index is 11.9. The minimum absolute atomic E-state index is 0.366. The first-order chi connectivity index (χ1) is 9.17. The number of pyridine rings is 1. The van der Waals surface area contributed by atoms with Gasteiger partial charge in [0.2, 0.25) is 0 Å². The van der Waals surface area contributed by atoms with Crippen molar-refractivity contribution >= 4 is 27.8 Å². The van der Waals surface area contributed by atoms with Gasteiger partial charge in [-0.15, -0.1) is 0 Å². The lowest BCUT2D eigenvalue weighted by Gasteiger charge is -2.28. The maximum Gasteiger partial charge on any atom is 0.426 e. The Hall–Kier alpha value is -1.30. The Kier molecular flexibility index (Phi) is 5.80. The van der Waals surface area contributed by atoms with Gasteiger partial charge in [0.15, 0.2) is 0 Å². The average molecular weight is 344 g/mol. The van der Waals surface area contributed by atoms with Crippen LogP contribution in [0.25, 0.3) is 0 Å². The largest absolute Gasteiger partial charge is 0.443 e. The van der Waals surface area contributed by atoms with Crippen LogP contribution in [0.2, 0.25) is 0 Å². The van der Waals surface area contributed by atoms with Gasteiger partial charge in [0, 0.05) is 6.54 Å². The fraction of sp³-hybridized carbons (Fsp3) is 0.571. The molecule has 0 aliphatic carbocycles. The molecule has 0 bridgehead atoms. The van der Waals surface area contributed by atoms with Gasteiger partial charge in [0.1, 0.15) is 16.0 Å². The van der Waals surface area contributed by atoms with Gasteiger partial charge in [-0.2, -0.15) is 0 Å². The van der Waals surface area contributed by atoms with E-state index in [2.05, 4.69) is 40.2 Å². The Morgan fingerprint density at radius 1 is 1.45 bits per heavy atom. The van der Waals surface area contributed by atoms with Crippen molar-refractivity contribution in [2.24, 2.45) is 5.92 Å². The van der Waals surface area contributed by atoms with Crippen LogP contribution in [0.1, 0.15) is 34.6 Å². The number of ether oxygens (including phenoxy) is 1. The number of hydrazine groups is 1. The van der Waals surface area contributed by atoms with Crippen molar-refractivity contribution in [3.05, 3.63) is 22.8 Å². The fourth-order valence-electron chi connectivity index (χ4n) is 1.52. The SMILES string of the molecule is CC(C)CN(NC(=O)OC(C)(C)C)c1cccc(Br)n1. The lowest BCUT2D eigenvalue weighted by Crippen LogP contribution is -2.47. The number of hydrogen-bond acceptors (Lipinski definition) is 4. The predicted molar refractivity (Wildman–Crippen MR) is 83.5 cm³/mol. The van der Waals surface area contributed by atoms with Crippen LogP contribution in [0.5, 0.6) is 0 Å². The van der Waals surface area contributed by atoms with E-state index in [9.17, 15) is 4.79 Å². The number of nitrogens with one attached hydrogen (secondary N) is 1. The molecule has 6 heteroatoms. The lowest BCUT2D eigenvalue weighted by atomic mass is 10.2. The molecule has 1 heterocycles. The van der Waals surface area contributed by atoms with E-state index in [1.54, 1.807) is 5.01 Å². The molecule has 0 fully saturated rings. The van der Waals surface area contributed by atoms with E-state index in [1.165, 1.54) is 0 Å². The predicted octanol–water partition coefficient (Wildman–Crippen LogP) is 3.75. The van der Waals surface area contributed by atoms with E-state index in [1.807, 2.05) is 39.0 Å². The smallest absolute Gasteiger partial charge is 0.426 e. The number of hydrogen-bond donors (Lipinski definition) is 1. The molecule has 0 atom stereocenters. The Morgan fingerprint density at radius 2 is 2.10 bits per heavy atom. The number of carbonyl (C=O) groups excluding carboxylic acids is 1. The molecule has 1 aromatic heterocycles. The van der Waals surface area contributed by atoms with Crippen LogP contribution in [0, 0.1) is 5.92 Å². The summed E-state index contributed by atoms with van der Waals surface area (Å²) in [6, 6.07) is 5.55. The van der Waals surface area contributed by atoms with Gasteiger partial charge in [-0.3, -0.25) is 5.01 Å². The topological polar surface area (TPSA) is 54.5 Å². The first-order valence-corrected chi connectivity index (χ1v) is 7.36. The number of amides is 1. The normalized spacial score (nSPS) is 11.3. The molecule has 0 aliphatic rings. The molecule has 0 spiro atoms. The van der Waals surface area contributed by atoms with E-state index >= 15 is 0 Å². The maximum atomic E-state index is 11.9. The highest BCUT2D eigenvalue weighted by Crippen LogP contribution is 2.15. The second-order valence-electron chi connectivity index (χ2n) is 5.94. The van der Waals surface area contributed by atoms with E-state index in [-0.39, 0.29) is 0 Å². The van der Waals surface area contributed by atoms with Crippen molar-refractivity contribution < 1.29 is 9.53 Å². The van der Waals surface area contributed by atoms with Crippen molar-refractivity contribution in [3.8, 4) is 0 Å². The number of halogens is 1. The second kappa shape index (κ2) is 6.92. The molecule has 1 amide bonds. The summed E-state index contributed by atoms with van der Waals surface area (Å²) in [7, 11) is 0. The molecule has 1 rings (SSSR count). The van der Waals surface area contributed by atoms with Crippen molar-refractivity contribution in [1.82, 2.24) is 10.4 Å². The van der Waals surface area contributed by atoms with Crippen LogP contribution in [0.4, 0.5) is 10.6 Å². The third-order valence-corrected chi connectivity index (χ3v) is 2.59. The molecule has 20 heavy (non-hydrogen) atoms. The van der Waals surface area contributed by atoms with Crippen molar-refractivity contribution in [2.75, 3.05) is 11.6 Å². The van der Waals surface area contributed by atoms with E-state index in [0.717, 1.165) is 4.60 Å². The molecule has 0 unspecified atom stereocenters.